The first kappa shape index (κ1) is 18.4. The number of hydrogen-bond donors (Lipinski definition) is 3. The molecule has 1 unspecified atom stereocenters. The summed E-state index contributed by atoms with van der Waals surface area (Å²) in [6.45, 7) is 0.178. The lowest BCUT2D eigenvalue weighted by Crippen LogP contribution is -2.41. The summed E-state index contributed by atoms with van der Waals surface area (Å²) in [4.78, 5) is 23.3. The van der Waals surface area contributed by atoms with Gasteiger partial charge in [-0.3, -0.25) is 4.79 Å². The molecule has 0 radical (unpaired) electrons. The van der Waals surface area contributed by atoms with Crippen LogP contribution in [0.1, 0.15) is 29.6 Å². The number of benzene rings is 1. The van der Waals surface area contributed by atoms with Crippen molar-refractivity contribution in [3.05, 3.63) is 29.8 Å². The number of carboxylic acid groups (broad SMARTS) is 1. The molecule has 9 heteroatoms. The molecule has 2 rings (SSSR count). The van der Waals surface area contributed by atoms with Gasteiger partial charge in [-0.05, 0) is 31.0 Å². The quantitative estimate of drug-likeness (QED) is 0.587. The Morgan fingerprint density at radius 1 is 1.38 bits per heavy atom. The van der Waals surface area contributed by atoms with Gasteiger partial charge in [0, 0.05) is 31.7 Å². The summed E-state index contributed by atoms with van der Waals surface area (Å²) in [5.74, 6) is -1.83. The first-order valence-corrected chi connectivity index (χ1v) is 8.97. The lowest BCUT2D eigenvalue weighted by molar-refractivity contribution is -0.139. The largest absolute Gasteiger partial charge is 0.480 e. The van der Waals surface area contributed by atoms with Gasteiger partial charge in [0.05, 0.1) is 4.90 Å². The summed E-state index contributed by atoms with van der Waals surface area (Å²) in [5, 5.41) is 11.5. The molecule has 0 spiro atoms. The molecule has 8 nitrogen and oxygen atoms in total. The van der Waals surface area contributed by atoms with Gasteiger partial charge in [0.1, 0.15) is 6.04 Å². The third kappa shape index (κ3) is 5.02. The number of nitrogens with one attached hydrogen (secondary N) is 2. The normalized spacial score (nSPS) is 15.7. The molecule has 1 fully saturated rings. The molecule has 1 saturated carbocycles. The predicted octanol–water partition coefficient (Wildman–Crippen LogP) is 0.347. The van der Waals surface area contributed by atoms with E-state index in [-0.39, 0.29) is 29.5 Å². The third-order valence-electron chi connectivity index (χ3n) is 3.52. The number of carboxylic acids is 1. The molecule has 1 atom stereocenters. The number of sulfonamides is 1. The monoisotopic (exact) mass is 356 g/mol. The standard InChI is InChI=1S/C15H20N2O6S/c1-23-8-7-13(15(19)20)16-14(18)10-3-2-4-12(9-10)24(21,22)17-11-5-6-11/h2-4,9,11,13,17H,5-8H2,1H3,(H,16,18)(H,19,20). The lowest BCUT2D eigenvalue weighted by Gasteiger charge is -2.14. The lowest BCUT2D eigenvalue weighted by atomic mass is 10.1. The number of carbonyl (C=O) groups is 2. The highest BCUT2D eigenvalue weighted by Crippen LogP contribution is 2.22. The van der Waals surface area contributed by atoms with Crippen molar-refractivity contribution in [3.63, 3.8) is 0 Å². The number of rotatable bonds is 9. The maximum Gasteiger partial charge on any atom is 0.326 e. The summed E-state index contributed by atoms with van der Waals surface area (Å²) in [7, 11) is -2.25. The van der Waals surface area contributed by atoms with Gasteiger partial charge in [0.2, 0.25) is 10.0 Å². The number of ether oxygens (including phenoxy) is 1. The van der Waals surface area contributed by atoms with Crippen LogP contribution in [0.15, 0.2) is 29.2 Å². The molecule has 0 saturated heterocycles. The summed E-state index contributed by atoms with van der Waals surface area (Å²) < 4.78 is 31.7. The minimum Gasteiger partial charge on any atom is -0.480 e. The van der Waals surface area contributed by atoms with E-state index in [9.17, 15) is 18.0 Å². The summed E-state index contributed by atoms with van der Waals surface area (Å²) >= 11 is 0. The number of amides is 1. The van der Waals surface area contributed by atoms with Crippen LogP contribution >= 0.6 is 0 Å². The molecule has 1 aliphatic rings. The molecule has 0 bridgehead atoms. The fourth-order valence-corrected chi connectivity index (χ4v) is 3.38. The molecule has 24 heavy (non-hydrogen) atoms. The van der Waals surface area contributed by atoms with E-state index >= 15 is 0 Å². The van der Waals surface area contributed by atoms with Crippen molar-refractivity contribution in [1.29, 1.82) is 0 Å². The number of aliphatic carboxylic acids is 1. The van der Waals surface area contributed by atoms with E-state index in [0.717, 1.165) is 12.8 Å². The topological polar surface area (TPSA) is 122 Å². The van der Waals surface area contributed by atoms with Crippen LogP contribution in [-0.4, -0.2) is 51.2 Å². The summed E-state index contributed by atoms with van der Waals surface area (Å²) in [5.41, 5.74) is 0.0809. The van der Waals surface area contributed by atoms with Crippen molar-refractivity contribution < 1.29 is 27.9 Å². The van der Waals surface area contributed by atoms with E-state index in [2.05, 4.69) is 10.0 Å². The summed E-state index contributed by atoms with van der Waals surface area (Å²) in [6, 6.07) is 4.35. The van der Waals surface area contributed by atoms with Gasteiger partial charge in [-0.15, -0.1) is 0 Å². The molecule has 3 N–H and O–H groups in total. The second-order valence-corrected chi connectivity index (χ2v) is 7.28. The van der Waals surface area contributed by atoms with Crippen LogP contribution < -0.4 is 10.0 Å². The highest BCUT2D eigenvalue weighted by molar-refractivity contribution is 7.89. The number of hydrogen-bond acceptors (Lipinski definition) is 5. The Morgan fingerprint density at radius 3 is 2.67 bits per heavy atom. The van der Waals surface area contributed by atoms with E-state index < -0.39 is 27.9 Å². The molecule has 0 aromatic heterocycles. The highest BCUT2D eigenvalue weighted by Gasteiger charge is 2.28. The zero-order valence-corrected chi connectivity index (χ0v) is 14.0. The second kappa shape index (κ2) is 7.73. The average Bonchev–Trinajstić information content (AvgIpc) is 3.34. The molecule has 0 aliphatic heterocycles. The minimum atomic E-state index is -3.68. The first-order valence-electron chi connectivity index (χ1n) is 7.48. The van der Waals surface area contributed by atoms with Crippen molar-refractivity contribution in [1.82, 2.24) is 10.0 Å². The van der Waals surface area contributed by atoms with Crippen LogP contribution in [0.3, 0.4) is 0 Å². The molecule has 1 aromatic rings. The van der Waals surface area contributed by atoms with Gasteiger partial charge >= 0.3 is 5.97 Å². The van der Waals surface area contributed by atoms with Crippen LogP contribution in [0.5, 0.6) is 0 Å². The van der Waals surface area contributed by atoms with Crippen molar-refractivity contribution in [2.45, 2.75) is 36.2 Å². The molecule has 0 heterocycles. The molecular formula is C15H20N2O6S. The van der Waals surface area contributed by atoms with Crippen LogP contribution in [-0.2, 0) is 19.6 Å². The Labute approximate surface area is 140 Å². The van der Waals surface area contributed by atoms with E-state index in [1.807, 2.05) is 0 Å². The Kier molecular flexibility index (Phi) is 5.92. The third-order valence-corrected chi connectivity index (χ3v) is 5.04. The van der Waals surface area contributed by atoms with E-state index in [0.29, 0.717) is 0 Å². The van der Waals surface area contributed by atoms with E-state index in [1.165, 1.54) is 31.4 Å². The van der Waals surface area contributed by atoms with Crippen molar-refractivity contribution in [3.8, 4) is 0 Å². The molecule has 132 valence electrons. The van der Waals surface area contributed by atoms with Gasteiger partial charge in [-0.1, -0.05) is 6.07 Å². The maximum absolute atomic E-state index is 12.2. The van der Waals surface area contributed by atoms with Crippen molar-refractivity contribution in [2.24, 2.45) is 0 Å². The van der Waals surface area contributed by atoms with Crippen LogP contribution in [0.2, 0.25) is 0 Å². The molecule has 1 aromatic carbocycles. The van der Waals surface area contributed by atoms with Crippen molar-refractivity contribution >= 4 is 21.9 Å². The number of methoxy groups -OCH3 is 1. The fourth-order valence-electron chi connectivity index (χ4n) is 2.03. The zero-order chi connectivity index (χ0) is 17.7. The van der Waals surface area contributed by atoms with E-state index in [1.54, 1.807) is 0 Å². The minimum absolute atomic E-state index is 0.0224. The van der Waals surface area contributed by atoms with Gasteiger partial charge in [0.15, 0.2) is 0 Å². The Morgan fingerprint density at radius 2 is 2.08 bits per heavy atom. The molecule has 1 aliphatic carbocycles. The highest BCUT2D eigenvalue weighted by atomic mass is 32.2. The van der Waals surface area contributed by atoms with Gasteiger partial charge in [-0.25, -0.2) is 17.9 Å². The number of carbonyl (C=O) groups excluding carboxylic acids is 1. The smallest absolute Gasteiger partial charge is 0.326 e. The Bertz CT molecular complexity index is 714. The molecular weight excluding hydrogens is 336 g/mol. The van der Waals surface area contributed by atoms with Crippen LogP contribution in [0, 0.1) is 0 Å². The van der Waals surface area contributed by atoms with Gasteiger partial charge < -0.3 is 15.2 Å². The van der Waals surface area contributed by atoms with E-state index in [4.69, 9.17) is 9.84 Å². The van der Waals surface area contributed by atoms with Gasteiger partial charge in [-0.2, -0.15) is 0 Å². The van der Waals surface area contributed by atoms with Crippen molar-refractivity contribution in [2.75, 3.05) is 13.7 Å². The zero-order valence-electron chi connectivity index (χ0n) is 13.2. The second-order valence-electron chi connectivity index (χ2n) is 5.57. The fraction of sp³-hybridized carbons (Fsp3) is 0.467. The predicted molar refractivity (Wildman–Crippen MR) is 85.2 cm³/mol. The molecule has 1 amide bonds. The van der Waals surface area contributed by atoms with Crippen LogP contribution in [0.25, 0.3) is 0 Å². The van der Waals surface area contributed by atoms with Gasteiger partial charge in [0.25, 0.3) is 5.91 Å². The summed E-state index contributed by atoms with van der Waals surface area (Å²) in [6.07, 6.45) is 1.72. The maximum atomic E-state index is 12.2. The average molecular weight is 356 g/mol. The SMILES string of the molecule is COCCC(NC(=O)c1cccc(S(=O)(=O)NC2CC2)c1)C(=O)O. The van der Waals surface area contributed by atoms with Crippen LogP contribution in [0.4, 0.5) is 0 Å². The Balaban J connectivity index is 2.11. The first-order chi connectivity index (χ1) is 11.3. The Hall–Kier alpha value is -1.97.